The monoisotopic (exact) mass is 246 g/mol. The molecule has 0 saturated carbocycles. The van der Waals surface area contributed by atoms with E-state index in [1.54, 1.807) is 0 Å². The van der Waals surface area contributed by atoms with Crippen LogP contribution in [0.2, 0.25) is 0 Å². The Kier molecular flexibility index (Phi) is 3.27. The third kappa shape index (κ3) is 2.32. The van der Waals surface area contributed by atoms with E-state index >= 15 is 0 Å². The second-order valence-corrected chi connectivity index (χ2v) is 3.83. The Morgan fingerprint density at radius 2 is 2.22 bits per heavy atom. The quantitative estimate of drug-likeness (QED) is 0.613. The van der Waals surface area contributed by atoms with Gasteiger partial charge in [-0.15, -0.1) is 0 Å². The first-order valence-electron chi connectivity index (χ1n) is 5.67. The van der Waals surface area contributed by atoms with Crippen molar-refractivity contribution < 1.29 is 9.72 Å². The number of guanidine groups is 1. The molecule has 1 aromatic heterocycles. The molecule has 0 aliphatic rings. The fourth-order valence-electron chi connectivity index (χ4n) is 1.73. The summed E-state index contributed by atoms with van der Waals surface area (Å²) in [6, 6.07) is 5.87. The van der Waals surface area contributed by atoms with Crippen molar-refractivity contribution in [1.82, 2.24) is 4.98 Å². The maximum Gasteiger partial charge on any atom is 0.437 e. The van der Waals surface area contributed by atoms with Gasteiger partial charge in [-0.05, 0) is 30.5 Å². The van der Waals surface area contributed by atoms with Gasteiger partial charge in [0.2, 0.25) is 0 Å². The van der Waals surface area contributed by atoms with Gasteiger partial charge in [-0.2, -0.15) is 0 Å². The summed E-state index contributed by atoms with van der Waals surface area (Å²) in [5, 5.41) is 0.909. The van der Waals surface area contributed by atoms with Crippen LogP contribution in [0.3, 0.4) is 0 Å². The van der Waals surface area contributed by atoms with E-state index in [1.165, 1.54) is 0 Å². The van der Waals surface area contributed by atoms with Crippen LogP contribution in [0.5, 0.6) is 5.88 Å². The Labute approximate surface area is 105 Å². The van der Waals surface area contributed by atoms with E-state index in [0.29, 0.717) is 18.4 Å². The van der Waals surface area contributed by atoms with Crippen LogP contribution in [0.4, 0.5) is 5.95 Å². The third-order valence-electron chi connectivity index (χ3n) is 2.45. The maximum absolute atomic E-state index is 5.55. The molecule has 0 radical (unpaired) electrons. The van der Waals surface area contributed by atoms with Gasteiger partial charge in [-0.3, -0.25) is 0 Å². The van der Waals surface area contributed by atoms with Crippen molar-refractivity contribution in [1.29, 1.82) is 0 Å². The lowest BCUT2D eigenvalue weighted by Crippen LogP contribution is -2.23. The number of aromatic amines is 1. The third-order valence-corrected chi connectivity index (χ3v) is 2.45. The number of benzene rings is 1. The topological polar surface area (TPSA) is 101 Å². The molecule has 0 spiro atoms. The number of H-pyrrole nitrogens is 1. The number of hydrogen-bond donors (Lipinski definition) is 2. The number of aryl methyl sites for hydroxylation is 1. The molecule has 2 rings (SSSR count). The fraction of sp³-hybridized carbons (Fsp3) is 0.250. The summed E-state index contributed by atoms with van der Waals surface area (Å²) in [6.45, 7) is 4.44. The molecule has 1 heterocycles. The van der Waals surface area contributed by atoms with Gasteiger partial charge >= 0.3 is 5.95 Å². The lowest BCUT2D eigenvalue weighted by atomic mass is 10.1. The smallest absolute Gasteiger partial charge is 0.437 e. The molecule has 6 heteroatoms. The van der Waals surface area contributed by atoms with Gasteiger partial charge in [-0.25, -0.2) is 4.98 Å². The standard InChI is InChI=1S/C12H15N5O/c1-3-18-10-8-6-4-5-7(2)9(8)15-12(16-10)17-11(13)14/h4-6H,3H2,1-2H3,(H4,13,14,15,16,17)/p+1. The van der Waals surface area contributed by atoms with E-state index in [4.69, 9.17) is 16.2 Å². The van der Waals surface area contributed by atoms with Gasteiger partial charge in [0.15, 0.2) is 5.52 Å². The van der Waals surface area contributed by atoms with Crippen LogP contribution >= 0.6 is 0 Å². The molecule has 0 aliphatic heterocycles. The number of aromatic nitrogens is 2. The number of hydrogen-bond acceptors (Lipinski definition) is 3. The minimum atomic E-state index is -0.0471. The zero-order chi connectivity index (χ0) is 13.1. The molecular formula is C12H16N5O+. The van der Waals surface area contributed by atoms with Crippen molar-refractivity contribution in [3.63, 3.8) is 0 Å². The number of aliphatic imine (C=N–C) groups is 1. The molecule has 0 bridgehead atoms. The summed E-state index contributed by atoms with van der Waals surface area (Å²) in [4.78, 5) is 11.3. The van der Waals surface area contributed by atoms with Crippen LogP contribution in [0.25, 0.3) is 10.9 Å². The first-order valence-corrected chi connectivity index (χ1v) is 5.67. The summed E-state index contributed by atoms with van der Waals surface area (Å²) in [6.07, 6.45) is 0. The van der Waals surface area contributed by atoms with E-state index in [2.05, 4.69) is 15.0 Å². The Bertz CT molecular complexity index is 605. The maximum atomic E-state index is 5.55. The number of para-hydroxylation sites is 1. The molecule has 0 atom stereocenters. The van der Waals surface area contributed by atoms with Crippen molar-refractivity contribution in [3.05, 3.63) is 23.8 Å². The molecule has 1 aromatic carbocycles. The predicted octanol–water partition coefficient (Wildman–Crippen LogP) is 0.661. The lowest BCUT2D eigenvalue weighted by Gasteiger charge is -2.04. The van der Waals surface area contributed by atoms with Crippen molar-refractivity contribution in [2.45, 2.75) is 13.8 Å². The van der Waals surface area contributed by atoms with E-state index in [0.717, 1.165) is 16.5 Å². The second-order valence-electron chi connectivity index (χ2n) is 3.83. The normalized spacial score (nSPS) is 10.3. The zero-order valence-corrected chi connectivity index (χ0v) is 10.4. The highest BCUT2D eigenvalue weighted by Gasteiger charge is 2.16. The minimum Gasteiger partial charge on any atom is -0.468 e. The summed E-state index contributed by atoms with van der Waals surface area (Å²) < 4.78 is 5.55. The lowest BCUT2D eigenvalue weighted by molar-refractivity contribution is -0.381. The molecule has 0 aliphatic carbocycles. The highest BCUT2D eigenvalue weighted by Crippen LogP contribution is 2.23. The van der Waals surface area contributed by atoms with Crippen LogP contribution in [-0.4, -0.2) is 17.6 Å². The SMILES string of the molecule is CCOc1[nH+]c(N=C(N)N)nc2c(C)cccc12. The molecule has 0 amide bonds. The van der Waals surface area contributed by atoms with Gasteiger partial charge in [0.05, 0.1) is 12.0 Å². The Balaban J connectivity index is 2.71. The van der Waals surface area contributed by atoms with Crippen LogP contribution in [0.15, 0.2) is 23.2 Å². The molecule has 94 valence electrons. The number of nitrogens with two attached hydrogens (primary N) is 2. The largest absolute Gasteiger partial charge is 0.468 e. The number of nitrogens with zero attached hydrogens (tertiary/aromatic N) is 2. The molecule has 2 aromatic rings. The first-order chi connectivity index (χ1) is 8.61. The van der Waals surface area contributed by atoms with Crippen molar-refractivity contribution in [2.24, 2.45) is 16.5 Å². The Morgan fingerprint density at radius 1 is 1.44 bits per heavy atom. The van der Waals surface area contributed by atoms with Crippen LogP contribution < -0.4 is 21.2 Å². The van der Waals surface area contributed by atoms with E-state index < -0.39 is 0 Å². The average Bonchev–Trinajstić information content (AvgIpc) is 2.30. The number of ether oxygens (including phenoxy) is 1. The van der Waals surface area contributed by atoms with Gasteiger partial charge in [0, 0.05) is 0 Å². The van der Waals surface area contributed by atoms with Gasteiger partial charge in [0.1, 0.15) is 0 Å². The molecule has 0 saturated heterocycles. The van der Waals surface area contributed by atoms with Crippen LogP contribution in [0, 0.1) is 6.92 Å². The number of nitrogens with one attached hydrogen (secondary N) is 1. The Morgan fingerprint density at radius 3 is 2.89 bits per heavy atom. The van der Waals surface area contributed by atoms with Gasteiger partial charge < -0.3 is 16.2 Å². The summed E-state index contributed by atoms with van der Waals surface area (Å²) in [5.74, 6) is 0.903. The number of fused-ring (bicyclic) bond motifs is 1. The average molecular weight is 246 g/mol. The van der Waals surface area contributed by atoms with Gasteiger partial charge in [0.25, 0.3) is 11.8 Å². The predicted molar refractivity (Wildman–Crippen MR) is 69.7 cm³/mol. The molecule has 0 unspecified atom stereocenters. The van der Waals surface area contributed by atoms with Crippen LogP contribution in [0.1, 0.15) is 12.5 Å². The Hall–Kier alpha value is -2.37. The van der Waals surface area contributed by atoms with Crippen molar-refractivity contribution >= 4 is 22.8 Å². The van der Waals surface area contributed by atoms with E-state index in [1.807, 2.05) is 32.0 Å². The molecule has 5 N–H and O–H groups in total. The van der Waals surface area contributed by atoms with E-state index in [-0.39, 0.29) is 5.96 Å². The van der Waals surface area contributed by atoms with E-state index in [9.17, 15) is 0 Å². The number of rotatable bonds is 3. The highest BCUT2D eigenvalue weighted by molar-refractivity contribution is 5.86. The zero-order valence-electron chi connectivity index (χ0n) is 10.4. The second kappa shape index (κ2) is 4.87. The summed E-state index contributed by atoms with van der Waals surface area (Å²) in [5.41, 5.74) is 12.6. The minimum absolute atomic E-state index is 0.0471. The van der Waals surface area contributed by atoms with Crippen LogP contribution in [-0.2, 0) is 0 Å². The highest BCUT2D eigenvalue weighted by atomic mass is 16.5. The molecule has 18 heavy (non-hydrogen) atoms. The summed E-state index contributed by atoms with van der Waals surface area (Å²) in [7, 11) is 0. The fourth-order valence-corrected chi connectivity index (χ4v) is 1.73. The molecule has 6 nitrogen and oxygen atoms in total. The van der Waals surface area contributed by atoms with Gasteiger partial charge in [-0.1, -0.05) is 17.1 Å². The summed E-state index contributed by atoms with van der Waals surface area (Å²) >= 11 is 0. The van der Waals surface area contributed by atoms with Crippen molar-refractivity contribution in [2.75, 3.05) is 6.61 Å². The van der Waals surface area contributed by atoms with Crippen molar-refractivity contribution in [3.8, 4) is 5.88 Å². The molecular weight excluding hydrogens is 230 g/mol. The molecule has 0 fully saturated rings. The first kappa shape index (κ1) is 12.1.